The Kier molecular flexibility index (Phi) is 35.9. The van der Waals surface area contributed by atoms with E-state index >= 15 is 0 Å². The molecule has 0 radical (unpaired) electrons. The maximum atomic E-state index is 8.33. The maximum absolute atomic E-state index is 8.33. The normalized spacial score (nSPS) is 4.80. The van der Waals surface area contributed by atoms with Crippen LogP contribution in [0.1, 0.15) is 0 Å². The van der Waals surface area contributed by atoms with Gasteiger partial charge in [0.1, 0.15) is 0 Å². The van der Waals surface area contributed by atoms with Crippen LogP contribution in [0, 0.1) is 0 Å². The van der Waals surface area contributed by atoms with Crippen LogP contribution in [0.2, 0.25) is 0 Å². The number of hydrogen-bond donors (Lipinski definition) is 0. The first kappa shape index (κ1) is 22.6. The SMILES string of the molecule is O=C([O-])[O-].O=C([O-])[O-].[Fe+2].[Mg+2]. The molecule has 0 bridgehead atoms. The minimum atomic E-state index is -2.33. The number of carboxylic acid groups (broad SMARTS) is 4. The van der Waals surface area contributed by atoms with E-state index in [1.54, 1.807) is 0 Å². The Balaban J connectivity index is -0.0000000300. The van der Waals surface area contributed by atoms with Crippen LogP contribution in [0.15, 0.2) is 0 Å². The third-order valence-corrected chi connectivity index (χ3v) is 0. The quantitative estimate of drug-likeness (QED) is 0.359. The summed E-state index contributed by atoms with van der Waals surface area (Å²) in [6.07, 6.45) is -4.67. The summed E-state index contributed by atoms with van der Waals surface area (Å²) in [7, 11) is 0. The molecule has 0 amide bonds. The maximum Gasteiger partial charge on any atom is 2.00 e. The van der Waals surface area contributed by atoms with E-state index in [0.717, 1.165) is 0 Å². The van der Waals surface area contributed by atoms with Crippen LogP contribution in [0.4, 0.5) is 9.59 Å². The molecule has 54 valence electrons. The van der Waals surface area contributed by atoms with Crippen molar-refractivity contribution in [3.05, 3.63) is 0 Å². The number of carbonyl (C=O) groups excluding carboxylic acids is 2. The second-order valence-corrected chi connectivity index (χ2v) is 0.500. The smallest absolute Gasteiger partial charge is 0.652 e. The third kappa shape index (κ3) is 12000. The van der Waals surface area contributed by atoms with Crippen LogP contribution in [0.5, 0.6) is 0 Å². The van der Waals surface area contributed by atoms with E-state index in [9.17, 15) is 0 Å². The molecule has 0 atom stereocenters. The minimum Gasteiger partial charge on any atom is -0.652 e. The summed E-state index contributed by atoms with van der Waals surface area (Å²) >= 11 is 0. The molecule has 10 heavy (non-hydrogen) atoms. The Bertz CT molecular complexity index is 73.7. The predicted octanol–water partition coefficient (Wildman–Crippen LogP) is -5.28. The van der Waals surface area contributed by atoms with E-state index in [0.29, 0.717) is 0 Å². The van der Waals surface area contributed by atoms with Crippen molar-refractivity contribution in [2.45, 2.75) is 0 Å². The molecule has 0 rings (SSSR count). The molecular weight excluding hydrogens is 200 g/mol. The number of rotatable bonds is 0. The van der Waals surface area contributed by atoms with Gasteiger partial charge >= 0.3 is 40.1 Å². The molecule has 0 unspecified atom stereocenters. The van der Waals surface area contributed by atoms with Crippen LogP contribution in [0.3, 0.4) is 0 Å². The van der Waals surface area contributed by atoms with Gasteiger partial charge in [0.15, 0.2) is 0 Å². The number of carbonyl (C=O) groups is 2. The van der Waals surface area contributed by atoms with Crippen LogP contribution < -0.4 is 20.4 Å². The Morgan fingerprint density at radius 2 is 0.800 bits per heavy atom. The van der Waals surface area contributed by atoms with Gasteiger partial charge in [-0.15, -0.1) is 0 Å². The van der Waals surface area contributed by atoms with Crippen molar-refractivity contribution in [2.24, 2.45) is 0 Å². The molecular formula is C2FeMgO6. The molecule has 0 aromatic carbocycles. The molecule has 0 aliphatic carbocycles. The van der Waals surface area contributed by atoms with Crippen LogP contribution >= 0.6 is 0 Å². The molecule has 0 aliphatic heterocycles. The van der Waals surface area contributed by atoms with Gasteiger partial charge in [-0.05, 0) is 12.3 Å². The molecule has 0 N–H and O–H groups in total. The van der Waals surface area contributed by atoms with E-state index in [4.69, 9.17) is 30.0 Å². The third-order valence-electron chi connectivity index (χ3n) is 0. The molecule has 0 aromatic heterocycles. The van der Waals surface area contributed by atoms with Gasteiger partial charge in [0.05, 0.1) is 0 Å². The van der Waals surface area contributed by atoms with Crippen molar-refractivity contribution in [3.63, 3.8) is 0 Å². The molecule has 0 aliphatic rings. The van der Waals surface area contributed by atoms with Crippen molar-refractivity contribution in [1.29, 1.82) is 0 Å². The van der Waals surface area contributed by atoms with Crippen molar-refractivity contribution in [2.75, 3.05) is 0 Å². The largest absolute Gasteiger partial charge is 2.00 e. The summed E-state index contributed by atoms with van der Waals surface area (Å²) in [4.78, 5) is 16.7. The van der Waals surface area contributed by atoms with E-state index in [-0.39, 0.29) is 40.1 Å². The fourth-order valence-corrected chi connectivity index (χ4v) is 0. The van der Waals surface area contributed by atoms with Crippen molar-refractivity contribution in [3.8, 4) is 0 Å². The molecule has 0 saturated heterocycles. The fraction of sp³-hybridized carbons (Fsp3) is 0. The van der Waals surface area contributed by atoms with E-state index in [1.807, 2.05) is 0 Å². The minimum absolute atomic E-state index is 0. The summed E-state index contributed by atoms with van der Waals surface area (Å²) in [5, 5.41) is 33.3. The topological polar surface area (TPSA) is 126 Å². The first-order valence-corrected chi connectivity index (χ1v) is 1.22. The van der Waals surface area contributed by atoms with E-state index in [2.05, 4.69) is 0 Å². The van der Waals surface area contributed by atoms with Crippen LogP contribution in [-0.2, 0) is 17.1 Å². The molecule has 0 fully saturated rings. The second-order valence-electron chi connectivity index (χ2n) is 0.500. The Hall–Kier alpha value is -0.174. The first-order valence-electron chi connectivity index (χ1n) is 1.22. The molecule has 0 heterocycles. The summed E-state index contributed by atoms with van der Waals surface area (Å²) in [5.74, 6) is 0. The second kappa shape index (κ2) is 15.9. The average molecular weight is 200 g/mol. The van der Waals surface area contributed by atoms with Gasteiger partial charge in [-0.1, -0.05) is 0 Å². The van der Waals surface area contributed by atoms with Gasteiger partial charge in [-0.3, -0.25) is 0 Å². The average Bonchev–Trinajstić information content (AvgIpc) is 1.25. The molecule has 0 aromatic rings. The Morgan fingerprint density at radius 3 is 0.800 bits per heavy atom. The van der Waals surface area contributed by atoms with Crippen molar-refractivity contribution < 1.29 is 47.1 Å². The van der Waals surface area contributed by atoms with E-state index in [1.165, 1.54) is 0 Å². The van der Waals surface area contributed by atoms with Crippen molar-refractivity contribution in [1.82, 2.24) is 0 Å². The fourth-order valence-electron chi connectivity index (χ4n) is 0. The Labute approximate surface area is 82.5 Å². The van der Waals surface area contributed by atoms with Crippen molar-refractivity contribution >= 4 is 35.4 Å². The zero-order valence-electron chi connectivity index (χ0n) is 4.51. The zero-order valence-corrected chi connectivity index (χ0v) is 7.03. The zero-order chi connectivity index (χ0) is 7.15. The van der Waals surface area contributed by atoms with Gasteiger partial charge in [0.25, 0.3) is 0 Å². The first-order chi connectivity index (χ1) is 3.46. The van der Waals surface area contributed by atoms with Crippen LogP contribution in [-0.4, -0.2) is 35.4 Å². The summed E-state index contributed by atoms with van der Waals surface area (Å²) < 4.78 is 0. The summed E-state index contributed by atoms with van der Waals surface area (Å²) in [5.41, 5.74) is 0. The Morgan fingerprint density at radius 1 is 0.800 bits per heavy atom. The summed E-state index contributed by atoms with van der Waals surface area (Å²) in [6.45, 7) is 0. The molecule has 6 nitrogen and oxygen atoms in total. The number of hydrogen-bond acceptors (Lipinski definition) is 6. The molecule has 8 heteroatoms. The van der Waals surface area contributed by atoms with Gasteiger partial charge in [0.2, 0.25) is 0 Å². The predicted molar refractivity (Wildman–Crippen MR) is 16.5 cm³/mol. The molecule has 0 spiro atoms. The van der Waals surface area contributed by atoms with Gasteiger partial charge in [0, 0.05) is 0 Å². The van der Waals surface area contributed by atoms with Crippen LogP contribution in [0.25, 0.3) is 0 Å². The van der Waals surface area contributed by atoms with E-state index < -0.39 is 12.3 Å². The molecule has 0 saturated carbocycles. The summed E-state index contributed by atoms with van der Waals surface area (Å²) in [6, 6.07) is 0. The van der Waals surface area contributed by atoms with Gasteiger partial charge in [-0.25, -0.2) is 0 Å². The monoisotopic (exact) mass is 200 g/mol. The standard InChI is InChI=1S/2CH2O3.Fe.Mg/c2*2-1(3)4;;/h2*(H2,2,3,4);;/q;;2*+2/p-4. The van der Waals surface area contributed by atoms with Gasteiger partial charge < -0.3 is 30.0 Å². The van der Waals surface area contributed by atoms with Gasteiger partial charge in [-0.2, -0.15) is 0 Å².